The molecule has 0 bridgehead atoms. The van der Waals surface area contributed by atoms with Crippen LogP contribution >= 0.6 is 23.2 Å². The first-order valence-corrected chi connectivity index (χ1v) is 10.7. The minimum Gasteiger partial charge on any atom is -0.463 e. The third-order valence-corrected chi connectivity index (χ3v) is 6.01. The Bertz CT molecular complexity index is 1120. The summed E-state index contributed by atoms with van der Waals surface area (Å²) in [6.07, 6.45) is -0.0585. The molecule has 0 saturated heterocycles. The predicted octanol–water partition coefficient (Wildman–Crippen LogP) is 5.46. The monoisotopic (exact) mass is 457 g/mol. The maximum absolute atomic E-state index is 13.3. The van der Waals surface area contributed by atoms with Crippen LogP contribution in [0.15, 0.2) is 71.1 Å². The summed E-state index contributed by atoms with van der Waals surface area (Å²) in [5, 5.41) is 4.28. The average molecular weight is 458 g/mol. The third kappa shape index (κ3) is 4.08. The molecule has 2 unspecified atom stereocenters. The summed E-state index contributed by atoms with van der Waals surface area (Å²) in [7, 11) is 0. The topological polar surface area (TPSA) is 64.6 Å². The fraction of sp³-hybridized carbons (Fsp3) is 0.250. The van der Waals surface area contributed by atoms with Crippen molar-refractivity contribution in [1.29, 1.82) is 0 Å². The van der Waals surface area contributed by atoms with Crippen molar-refractivity contribution in [1.82, 2.24) is 5.32 Å². The number of ether oxygens (including phenoxy) is 2. The number of carbonyl (C=O) groups excluding carboxylic acids is 2. The van der Waals surface area contributed by atoms with E-state index in [1.54, 1.807) is 38.1 Å². The van der Waals surface area contributed by atoms with Crippen molar-refractivity contribution in [3.8, 4) is 0 Å². The van der Waals surface area contributed by atoms with Gasteiger partial charge in [0.2, 0.25) is 0 Å². The molecule has 2 aromatic rings. The molecule has 2 aromatic carbocycles. The molecule has 5 nitrogen and oxygen atoms in total. The largest absolute Gasteiger partial charge is 0.463 e. The number of nitrogens with one attached hydrogen (secondary N) is 1. The van der Waals surface area contributed by atoms with Crippen molar-refractivity contribution in [2.24, 2.45) is 0 Å². The first kappa shape index (κ1) is 21.5. The standard InChI is InChI=1S/C24H21Cl2NO4/c1-3-30-23(28)20-13(2)27-18-12-19(14-7-6-8-15(25)11-14)31-24(29)22(18)21(20)16-9-4-5-10-17(16)26/h4-11,19,21,27H,3,12H2,1-2H3. The normalized spacial score (nSPS) is 20.7. The first-order chi connectivity index (χ1) is 14.9. The second kappa shape index (κ2) is 8.77. The van der Waals surface area contributed by atoms with E-state index in [4.69, 9.17) is 32.7 Å². The van der Waals surface area contributed by atoms with Crippen LogP contribution in [0.1, 0.15) is 43.4 Å². The lowest BCUT2D eigenvalue weighted by atomic mass is 9.78. The van der Waals surface area contributed by atoms with Gasteiger partial charge in [-0.05, 0) is 43.2 Å². The van der Waals surface area contributed by atoms with Crippen LogP contribution in [-0.2, 0) is 19.1 Å². The lowest BCUT2D eigenvalue weighted by Crippen LogP contribution is -2.37. The third-order valence-electron chi connectivity index (χ3n) is 5.44. The quantitative estimate of drug-likeness (QED) is 0.617. The lowest BCUT2D eigenvalue weighted by Gasteiger charge is -2.36. The molecule has 2 atom stereocenters. The van der Waals surface area contributed by atoms with E-state index < -0.39 is 24.0 Å². The molecule has 2 aliphatic heterocycles. The molecule has 0 aromatic heterocycles. The van der Waals surface area contributed by atoms with E-state index in [1.165, 1.54) is 0 Å². The van der Waals surface area contributed by atoms with E-state index >= 15 is 0 Å². The molecule has 0 amide bonds. The van der Waals surface area contributed by atoms with Gasteiger partial charge < -0.3 is 14.8 Å². The molecule has 4 rings (SSSR count). The molecule has 2 heterocycles. The number of carbonyl (C=O) groups is 2. The van der Waals surface area contributed by atoms with Gasteiger partial charge in [0.25, 0.3) is 0 Å². The van der Waals surface area contributed by atoms with Crippen LogP contribution in [0.4, 0.5) is 0 Å². The number of allylic oxidation sites excluding steroid dienone is 1. The zero-order valence-electron chi connectivity index (χ0n) is 17.1. The minimum atomic E-state index is -0.684. The molecule has 2 aliphatic rings. The number of benzene rings is 2. The molecule has 0 radical (unpaired) electrons. The van der Waals surface area contributed by atoms with Crippen LogP contribution in [0, 0.1) is 0 Å². The molecule has 1 N–H and O–H groups in total. The second-order valence-electron chi connectivity index (χ2n) is 7.38. The summed E-state index contributed by atoms with van der Waals surface area (Å²) in [5.74, 6) is -1.68. The number of halogens is 2. The van der Waals surface area contributed by atoms with Gasteiger partial charge in [0, 0.05) is 27.9 Å². The Kier molecular flexibility index (Phi) is 6.08. The summed E-state index contributed by atoms with van der Waals surface area (Å²) in [4.78, 5) is 26.1. The van der Waals surface area contributed by atoms with E-state index in [-0.39, 0.29) is 6.61 Å². The Morgan fingerprint density at radius 1 is 1.19 bits per heavy atom. The molecule has 0 spiro atoms. The number of hydrogen-bond donors (Lipinski definition) is 1. The molecule has 160 valence electrons. The second-order valence-corrected chi connectivity index (χ2v) is 8.23. The number of cyclic esters (lactones) is 1. The van der Waals surface area contributed by atoms with E-state index in [1.807, 2.05) is 24.3 Å². The SMILES string of the molecule is CCOC(=O)C1=C(C)NC2=C(C(=O)OC(c3cccc(Cl)c3)C2)C1c1ccccc1Cl. The van der Waals surface area contributed by atoms with E-state index in [2.05, 4.69) is 5.32 Å². The van der Waals surface area contributed by atoms with Crippen molar-refractivity contribution < 1.29 is 19.1 Å². The van der Waals surface area contributed by atoms with Crippen LogP contribution < -0.4 is 5.32 Å². The highest BCUT2D eigenvalue weighted by molar-refractivity contribution is 6.31. The Balaban J connectivity index is 1.82. The Labute approximate surface area is 190 Å². The van der Waals surface area contributed by atoms with Gasteiger partial charge in [-0.2, -0.15) is 0 Å². The summed E-state index contributed by atoms with van der Waals surface area (Å²) in [5.41, 5.74) is 3.52. The van der Waals surface area contributed by atoms with Crippen LogP contribution in [0.2, 0.25) is 10.0 Å². The van der Waals surface area contributed by atoms with E-state index in [9.17, 15) is 9.59 Å². The smallest absolute Gasteiger partial charge is 0.337 e. The van der Waals surface area contributed by atoms with Crippen LogP contribution in [-0.4, -0.2) is 18.5 Å². The zero-order valence-corrected chi connectivity index (χ0v) is 18.6. The molecular weight excluding hydrogens is 437 g/mol. The fourth-order valence-electron chi connectivity index (χ4n) is 4.11. The highest BCUT2D eigenvalue weighted by Gasteiger charge is 2.43. The highest BCUT2D eigenvalue weighted by Crippen LogP contribution is 2.46. The Hall–Kier alpha value is -2.76. The summed E-state index contributed by atoms with van der Waals surface area (Å²) in [6, 6.07) is 14.4. The minimum absolute atomic E-state index is 0.220. The first-order valence-electron chi connectivity index (χ1n) is 9.99. The number of hydrogen-bond acceptors (Lipinski definition) is 5. The van der Waals surface area contributed by atoms with Crippen molar-refractivity contribution in [3.63, 3.8) is 0 Å². The fourth-order valence-corrected chi connectivity index (χ4v) is 4.55. The zero-order chi connectivity index (χ0) is 22.1. The lowest BCUT2D eigenvalue weighted by molar-refractivity contribution is -0.146. The summed E-state index contributed by atoms with van der Waals surface area (Å²) < 4.78 is 11.1. The van der Waals surface area contributed by atoms with Crippen LogP contribution in [0.25, 0.3) is 0 Å². The van der Waals surface area contributed by atoms with Crippen LogP contribution in [0.3, 0.4) is 0 Å². The number of esters is 2. The van der Waals surface area contributed by atoms with Gasteiger partial charge in [0.1, 0.15) is 6.10 Å². The summed E-state index contributed by atoms with van der Waals surface area (Å²) >= 11 is 12.6. The van der Waals surface area contributed by atoms with E-state index in [0.717, 1.165) is 5.56 Å². The molecular formula is C24H21Cl2NO4. The predicted molar refractivity (Wildman–Crippen MR) is 119 cm³/mol. The van der Waals surface area contributed by atoms with Crippen molar-refractivity contribution in [2.45, 2.75) is 32.3 Å². The van der Waals surface area contributed by atoms with Crippen molar-refractivity contribution in [3.05, 3.63) is 92.2 Å². The highest BCUT2D eigenvalue weighted by atomic mass is 35.5. The molecule has 0 saturated carbocycles. The van der Waals surface area contributed by atoms with Gasteiger partial charge in [-0.15, -0.1) is 0 Å². The van der Waals surface area contributed by atoms with E-state index in [0.29, 0.717) is 44.6 Å². The molecule has 0 aliphatic carbocycles. The van der Waals surface area contributed by atoms with Crippen LogP contribution in [0.5, 0.6) is 0 Å². The average Bonchev–Trinajstić information content (AvgIpc) is 2.73. The Morgan fingerprint density at radius 2 is 1.97 bits per heavy atom. The molecule has 7 heteroatoms. The Morgan fingerprint density at radius 3 is 2.68 bits per heavy atom. The summed E-state index contributed by atoms with van der Waals surface area (Å²) in [6.45, 7) is 3.76. The molecule has 31 heavy (non-hydrogen) atoms. The van der Waals surface area contributed by atoms with Gasteiger partial charge in [-0.25, -0.2) is 9.59 Å². The maximum Gasteiger partial charge on any atom is 0.337 e. The van der Waals surface area contributed by atoms with Gasteiger partial charge in [-0.3, -0.25) is 0 Å². The van der Waals surface area contributed by atoms with Gasteiger partial charge in [0.15, 0.2) is 0 Å². The van der Waals surface area contributed by atoms with Gasteiger partial charge in [0.05, 0.1) is 23.7 Å². The number of dihydropyridines is 1. The van der Waals surface area contributed by atoms with Gasteiger partial charge in [-0.1, -0.05) is 53.5 Å². The van der Waals surface area contributed by atoms with Crippen molar-refractivity contribution >= 4 is 35.1 Å². The maximum atomic E-state index is 13.3. The molecule has 0 fully saturated rings. The van der Waals surface area contributed by atoms with Crippen molar-refractivity contribution in [2.75, 3.05) is 6.61 Å². The number of rotatable bonds is 4. The van der Waals surface area contributed by atoms with Gasteiger partial charge >= 0.3 is 11.9 Å².